The zero-order valence-electron chi connectivity index (χ0n) is 14.8. The van der Waals surface area contributed by atoms with Crippen molar-refractivity contribution in [3.63, 3.8) is 0 Å². The lowest BCUT2D eigenvalue weighted by Gasteiger charge is -2.24. The van der Waals surface area contributed by atoms with Gasteiger partial charge < -0.3 is 16.0 Å². The van der Waals surface area contributed by atoms with E-state index >= 15 is 0 Å². The zero-order valence-corrected chi connectivity index (χ0v) is 17.1. The highest BCUT2D eigenvalue weighted by atomic mass is 127. The standard InChI is InChI=1S/C18H24N6O.HI/c1-2-19-18(20-9-11-24-10-5-8-22-24)21-13-14-12-17(25)23-16-7-4-3-6-15(14)16;/h3-8,10,14H,2,9,11-13H2,1H3,(H,23,25)(H2,19,20,21);1H. The molecule has 0 saturated carbocycles. The summed E-state index contributed by atoms with van der Waals surface area (Å²) in [4.78, 5) is 16.6. The first-order valence-electron chi connectivity index (χ1n) is 8.64. The number of nitrogens with one attached hydrogen (secondary N) is 3. The van der Waals surface area contributed by atoms with E-state index in [1.54, 1.807) is 6.20 Å². The quantitative estimate of drug-likeness (QED) is 0.345. The predicted octanol–water partition coefficient (Wildman–Crippen LogP) is 2.18. The van der Waals surface area contributed by atoms with E-state index in [9.17, 15) is 4.79 Å². The van der Waals surface area contributed by atoms with Crippen molar-refractivity contribution < 1.29 is 4.79 Å². The van der Waals surface area contributed by atoms with Gasteiger partial charge in [0.05, 0.1) is 13.1 Å². The number of rotatable bonds is 6. The van der Waals surface area contributed by atoms with Crippen molar-refractivity contribution in [3.8, 4) is 0 Å². The van der Waals surface area contributed by atoms with Gasteiger partial charge >= 0.3 is 0 Å². The van der Waals surface area contributed by atoms with Gasteiger partial charge in [-0.1, -0.05) is 18.2 Å². The highest BCUT2D eigenvalue weighted by Gasteiger charge is 2.24. The minimum absolute atomic E-state index is 0. The largest absolute Gasteiger partial charge is 0.357 e. The van der Waals surface area contributed by atoms with Crippen molar-refractivity contribution in [2.45, 2.75) is 25.8 Å². The molecule has 1 amide bonds. The number of aliphatic imine (C=N–C) groups is 1. The monoisotopic (exact) mass is 468 g/mol. The maximum Gasteiger partial charge on any atom is 0.225 e. The van der Waals surface area contributed by atoms with Crippen LogP contribution in [-0.4, -0.2) is 41.3 Å². The number of amides is 1. The van der Waals surface area contributed by atoms with E-state index in [1.807, 2.05) is 42.1 Å². The van der Waals surface area contributed by atoms with Gasteiger partial charge in [-0.15, -0.1) is 24.0 Å². The van der Waals surface area contributed by atoms with Gasteiger partial charge in [0.25, 0.3) is 0 Å². The van der Waals surface area contributed by atoms with E-state index in [0.29, 0.717) is 13.0 Å². The summed E-state index contributed by atoms with van der Waals surface area (Å²) in [5, 5.41) is 13.7. The summed E-state index contributed by atoms with van der Waals surface area (Å²) in [6.45, 7) is 4.90. The van der Waals surface area contributed by atoms with Gasteiger partial charge in [0.2, 0.25) is 5.91 Å². The number of halogens is 1. The Kier molecular flexibility index (Phi) is 7.89. The lowest BCUT2D eigenvalue weighted by atomic mass is 9.91. The Morgan fingerprint density at radius 1 is 1.35 bits per heavy atom. The van der Waals surface area contributed by atoms with Crippen molar-refractivity contribution in [1.82, 2.24) is 20.4 Å². The Morgan fingerprint density at radius 3 is 2.96 bits per heavy atom. The second-order valence-corrected chi connectivity index (χ2v) is 5.95. The summed E-state index contributed by atoms with van der Waals surface area (Å²) in [5.74, 6) is 0.917. The normalized spacial score (nSPS) is 16.3. The fraction of sp³-hybridized carbons (Fsp3) is 0.389. The molecule has 3 N–H and O–H groups in total. The third-order valence-corrected chi connectivity index (χ3v) is 4.11. The summed E-state index contributed by atoms with van der Waals surface area (Å²) in [5.41, 5.74) is 2.05. The fourth-order valence-corrected chi connectivity index (χ4v) is 2.93. The Morgan fingerprint density at radius 2 is 2.19 bits per heavy atom. The van der Waals surface area contributed by atoms with Crippen LogP contribution in [0.15, 0.2) is 47.7 Å². The topological polar surface area (TPSA) is 83.3 Å². The summed E-state index contributed by atoms with van der Waals surface area (Å²) in [6, 6.07) is 9.85. The highest BCUT2D eigenvalue weighted by molar-refractivity contribution is 14.0. The molecule has 0 aliphatic carbocycles. The molecule has 2 heterocycles. The van der Waals surface area contributed by atoms with Crippen LogP contribution in [0.3, 0.4) is 0 Å². The Bertz CT molecular complexity index is 731. The lowest BCUT2D eigenvalue weighted by Crippen LogP contribution is -2.39. The predicted molar refractivity (Wildman–Crippen MR) is 114 cm³/mol. The van der Waals surface area contributed by atoms with Crippen LogP contribution in [0.4, 0.5) is 5.69 Å². The number of anilines is 1. The van der Waals surface area contributed by atoms with Gasteiger partial charge in [0.15, 0.2) is 5.96 Å². The molecule has 2 aromatic rings. The van der Waals surface area contributed by atoms with Gasteiger partial charge in [-0.3, -0.25) is 14.5 Å². The maximum absolute atomic E-state index is 11.9. The molecule has 1 unspecified atom stereocenters. The van der Waals surface area contributed by atoms with Crippen molar-refractivity contribution in [2.24, 2.45) is 4.99 Å². The second-order valence-electron chi connectivity index (χ2n) is 5.95. The zero-order chi connectivity index (χ0) is 17.5. The third-order valence-electron chi connectivity index (χ3n) is 4.11. The molecule has 1 aromatic carbocycles. The van der Waals surface area contributed by atoms with Crippen LogP contribution in [-0.2, 0) is 11.3 Å². The molecule has 8 heteroatoms. The van der Waals surface area contributed by atoms with E-state index in [2.05, 4.69) is 32.1 Å². The van der Waals surface area contributed by atoms with Crippen molar-refractivity contribution in [3.05, 3.63) is 48.3 Å². The Labute approximate surface area is 170 Å². The van der Waals surface area contributed by atoms with Crippen LogP contribution in [0.2, 0.25) is 0 Å². The number of aromatic nitrogens is 2. The molecule has 3 rings (SSSR count). The summed E-state index contributed by atoms with van der Waals surface area (Å²) in [6.07, 6.45) is 4.17. The highest BCUT2D eigenvalue weighted by Crippen LogP contribution is 2.31. The lowest BCUT2D eigenvalue weighted by molar-refractivity contribution is -0.116. The van der Waals surface area contributed by atoms with Crippen molar-refractivity contribution >= 4 is 41.5 Å². The van der Waals surface area contributed by atoms with Crippen LogP contribution < -0.4 is 16.0 Å². The smallest absolute Gasteiger partial charge is 0.225 e. The van der Waals surface area contributed by atoms with Crippen LogP contribution in [0.5, 0.6) is 0 Å². The van der Waals surface area contributed by atoms with Gasteiger partial charge in [0, 0.05) is 43.5 Å². The average Bonchev–Trinajstić information content (AvgIpc) is 3.12. The van der Waals surface area contributed by atoms with E-state index in [4.69, 9.17) is 0 Å². The number of carbonyl (C=O) groups excluding carboxylic acids is 1. The summed E-state index contributed by atoms with van der Waals surface area (Å²) >= 11 is 0. The van der Waals surface area contributed by atoms with Crippen LogP contribution in [0, 0.1) is 0 Å². The molecular weight excluding hydrogens is 443 g/mol. The number of para-hydroxylation sites is 1. The molecule has 7 nitrogen and oxygen atoms in total. The number of benzene rings is 1. The van der Waals surface area contributed by atoms with E-state index in [-0.39, 0.29) is 35.8 Å². The molecule has 0 radical (unpaired) electrons. The third kappa shape index (κ3) is 5.45. The number of carbonyl (C=O) groups is 1. The van der Waals surface area contributed by atoms with E-state index < -0.39 is 0 Å². The van der Waals surface area contributed by atoms with Gasteiger partial charge in [0.1, 0.15) is 0 Å². The average molecular weight is 468 g/mol. The fourth-order valence-electron chi connectivity index (χ4n) is 2.93. The molecule has 0 bridgehead atoms. The minimum atomic E-state index is 0. The van der Waals surface area contributed by atoms with E-state index in [1.165, 1.54) is 0 Å². The molecule has 1 aliphatic rings. The van der Waals surface area contributed by atoms with E-state index in [0.717, 1.165) is 36.8 Å². The molecular formula is C18H25IN6O. The van der Waals surface area contributed by atoms with Crippen LogP contribution >= 0.6 is 24.0 Å². The minimum Gasteiger partial charge on any atom is -0.357 e. The molecule has 26 heavy (non-hydrogen) atoms. The Balaban J connectivity index is 0.00000243. The molecule has 1 atom stereocenters. The van der Waals surface area contributed by atoms with Gasteiger partial charge in [-0.2, -0.15) is 5.10 Å². The SMILES string of the molecule is CCNC(=NCC1CC(=O)Nc2ccccc21)NCCn1cccn1.I. The maximum atomic E-state index is 11.9. The van der Waals surface area contributed by atoms with Gasteiger partial charge in [-0.05, 0) is 24.6 Å². The molecule has 0 fully saturated rings. The number of nitrogens with zero attached hydrogens (tertiary/aromatic N) is 3. The molecule has 140 valence electrons. The molecule has 1 aliphatic heterocycles. The number of fused-ring (bicyclic) bond motifs is 1. The Hall–Kier alpha value is -2.10. The van der Waals surface area contributed by atoms with Crippen molar-refractivity contribution in [2.75, 3.05) is 25.0 Å². The summed E-state index contributed by atoms with van der Waals surface area (Å²) < 4.78 is 1.87. The molecule has 0 saturated heterocycles. The van der Waals surface area contributed by atoms with Crippen molar-refractivity contribution in [1.29, 1.82) is 0 Å². The van der Waals surface area contributed by atoms with Crippen LogP contribution in [0.1, 0.15) is 24.8 Å². The van der Waals surface area contributed by atoms with Gasteiger partial charge in [-0.25, -0.2) is 0 Å². The van der Waals surface area contributed by atoms with Crippen LogP contribution in [0.25, 0.3) is 0 Å². The number of hydrogen-bond donors (Lipinski definition) is 3. The first-order chi connectivity index (χ1) is 12.3. The number of hydrogen-bond acceptors (Lipinski definition) is 3. The molecule has 0 spiro atoms. The first kappa shape index (κ1) is 20.2. The first-order valence-corrected chi connectivity index (χ1v) is 8.64. The molecule has 1 aromatic heterocycles. The summed E-state index contributed by atoms with van der Waals surface area (Å²) in [7, 11) is 0. The second kappa shape index (κ2) is 10.1. The number of guanidine groups is 1.